The predicted molar refractivity (Wildman–Crippen MR) is 52.9 cm³/mol. The normalized spacial score (nSPS) is 34.0. The third-order valence-electron chi connectivity index (χ3n) is 2.86. The van der Waals surface area contributed by atoms with Gasteiger partial charge in [0.25, 0.3) is 0 Å². The number of morpholine rings is 1. The van der Waals surface area contributed by atoms with Crippen molar-refractivity contribution in [3.63, 3.8) is 0 Å². The number of nitrogens with one attached hydrogen (secondary N) is 1. The zero-order valence-electron chi connectivity index (χ0n) is 8.82. The van der Waals surface area contributed by atoms with Gasteiger partial charge in [0, 0.05) is 26.2 Å². The largest absolute Gasteiger partial charge is 0.372 e. The second-order valence-corrected chi connectivity index (χ2v) is 4.36. The van der Waals surface area contributed by atoms with Crippen molar-refractivity contribution in [2.45, 2.75) is 26.1 Å². The molecule has 0 saturated carbocycles. The molecule has 0 bridgehead atoms. The van der Waals surface area contributed by atoms with Crippen LogP contribution >= 0.6 is 0 Å². The highest BCUT2D eigenvalue weighted by atomic mass is 16.5. The number of ether oxygens (including phenoxy) is 1. The van der Waals surface area contributed by atoms with Crippen LogP contribution in [0.25, 0.3) is 0 Å². The Kier molecular flexibility index (Phi) is 2.74. The number of carbonyl (C=O) groups is 1. The van der Waals surface area contributed by atoms with Crippen LogP contribution in [-0.2, 0) is 9.53 Å². The van der Waals surface area contributed by atoms with Gasteiger partial charge in [-0.05, 0) is 13.8 Å². The maximum absolute atomic E-state index is 11.9. The van der Waals surface area contributed by atoms with Crippen LogP contribution in [0.1, 0.15) is 13.8 Å². The molecule has 0 aromatic rings. The van der Waals surface area contributed by atoms with E-state index < -0.39 is 0 Å². The highest BCUT2D eigenvalue weighted by molar-refractivity contribution is 5.80. The molecule has 2 aliphatic rings. The lowest BCUT2D eigenvalue weighted by Crippen LogP contribution is -2.56. The van der Waals surface area contributed by atoms with E-state index in [1.807, 2.05) is 18.7 Å². The summed E-state index contributed by atoms with van der Waals surface area (Å²) in [4.78, 5) is 13.9. The fraction of sp³-hybridized carbons (Fsp3) is 0.900. The van der Waals surface area contributed by atoms with Crippen LogP contribution in [0.15, 0.2) is 0 Å². The SMILES string of the molecule is C[C@@H]1CN(C(=O)C2CNC2)C[C@H](C)O1. The fourth-order valence-electron chi connectivity index (χ4n) is 2.08. The van der Waals surface area contributed by atoms with Crippen LogP contribution in [-0.4, -0.2) is 49.2 Å². The molecule has 14 heavy (non-hydrogen) atoms. The number of carbonyl (C=O) groups excluding carboxylic acids is 1. The van der Waals surface area contributed by atoms with Crippen LogP contribution in [0.2, 0.25) is 0 Å². The van der Waals surface area contributed by atoms with Crippen molar-refractivity contribution >= 4 is 5.91 Å². The molecule has 0 spiro atoms. The molecule has 2 saturated heterocycles. The third kappa shape index (κ3) is 1.91. The van der Waals surface area contributed by atoms with Gasteiger partial charge < -0.3 is 15.0 Å². The zero-order valence-corrected chi connectivity index (χ0v) is 8.82. The molecule has 2 atom stereocenters. The van der Waals surface area contributed by atoms with Gasteiger partial charge in [-0.25, -0.2) is 0 Å². The second-order valence-electron chi connectivity index (χ2n) is 4.36. The van der Waals surface area contributed by atoms with Gasteiger partial charge in [0.05, 0.1) is 18.1 Å². The lowest BCUT2D eigenvalue weighted by atomic mass is 10.0. The molecule has 2 fully saturated rings. The standard InChI is InChI=1S/C10H18N2O2/c1-7-5-12(6-8(2)14-7)10(13)9-3-11-4-9/h7-9,11H,3-6H2,1-2H3/t7-,8+. The van der Waals surface area contributed by atoms with E-state index in [2.05, 4.69) is 5.32 Å². The monoisotopic (exact) mass is 198 g/mol. The number of rotatable bonds is 1. The van der Waals surface area contributed by atoms with Gasteiger partial charge in [-0.3, -0.25) is 4.79 Å². The van der Waals surface area contributed by atoms with Crippen LogP contribution < -0.4 is 5.32 Å². The molecule has 2 heterocycles. The van der Waals surface area contributed by atoms with Gasteiger partial charge in [0.2, 0.25) is 5.91 Å². The average molecular weight is 198 g/mol. The zero-order chi connectivity index (χ0) is 10.1. The van der Waals surface area contributed by atoms with E-state index in [0.29, 0.717) is 5.91 Å². The van der Waals surface area contributed by atoms with E-state index in [1.54, 1.807) is 0 Å². The first kappa shape index (κ1) is 9.93. The molecule has 0 radical (unpaired) electrons. The van der Waals surface area contributed by atoms with Crippen molar-refractivity contribution in [2.75, 3.05) is 26.2 Å². The third-order valence-corrected chi connectivity index (χ3v) is 2.86. The summed E-state index contributed by atoms with van der Waals surface area (Å²) in [6, 6.07) is 0. The Morgan fingerprint density at radius 3 is 2.29 bits per heavy atom. The van der Waals surface area contributed by atoms with E-state index in [0.717, 1.165) is 26.2 Å². The van der Waals surface area contributed by atoms with Crippen molar-refractivity contribution in [3.8, 4) is 0 Å². The summed E-state index contributed by atoms with van der Waals surface area (Å²) < 4.78 is 5.59. The summed E-state index contributed by atoms with van der Waals surface area (Å²) in [6.07, 6.45) is 0.353. The van der Waals surface area contributed by atoms with Crippen LogP contribution in [0.3, 0.4) is 0 Å². The summed E-state index contributed by atoms with van der Waals surface area (Å²) in [5, 5.41) is 3.12. The quantitative estimate of drug-likeness (QED) is 0.636. The summed E-state index contributed by atoms with van der Waals surface area (Å²) >= 11 is 0. The lowest BCUT2D eigenvalue weighted by Gasteiger charge is -2.39. The molecule has 2 rings (SSSR count). The maximum atomic E-state index is 11.9. The van der Waals surface area contributed by atoms with Crippen molar-refractivity contribution in [1.82, 2.24) is 10.2 Å². The maximum Gasteiger partial charge on any atom is 0.228 e. The van der Waals surface area contributed by atoms with E-state index >= 15 is 0 Å². The summed E-state index contributed by atoms with van der Waals surface area (Å²) in [6.45, 7) is 7.24. The number of nitrogens with zero attached hydrogens (tertiary/aromatic N) is 1. The first-order chi connectivity index (χ1) is 6.66. The van der Waals surface area contributed by atoms with Crippen molar-refractivity contribution in [2.24, 2.45) is 5.92 Å². The van der Waals surface area contributed by atoms with Crippen LogP contribution in [0.4, 0.5) is 0 Å². The Balaban J connectivity index is 1.92. The Labute approximate surface area is 84.6 Å². The highest BCUT2D eigenvalue weighted by Gasteiger charge is 2.33. The molecular weight excluding hydrogens is 180 g/mol. The fourth-order valence-corrected chi connectivity index (χ4v) is 2.08. The van der Waals surface area contributed by atoms with Crippen molar-refractivity contribution < 1.29 is 9.53 Å². The average Bonchev–Trinajstić information content (AvgIpc) is 1.98. The second kappa shape index (κ2) is 3.87. The highest BCUT2D eigenvalue weighted by Crippen LogP contribution is 2.15. The Morgan fingerprint density at radius 2 is 1.86 bits per heavy atom. The Bertz CT molecular complexity index is 218. The topological polar surface area (TPSA) is 41.6 Å². The smallest absolute Gasteiger partial charge is 0.228 e. The van der Waals surface area contributed by atoms with Gasteiger partial charge in [-0.2, -0.15) is 0 Å². The van der Waals surface area contributed by atoms with E-state index in [4.69, 9.17) is 4.74 Å². The minimum Gasteiger partial charge on any atom is -0.372 e. The molecule has 0 aromatic heterocycles. The molecule has 0 aromatic carbocycles. The predicted octanol–water partition coefficient (Wildman–Crippen LogP) is -0.158. The summed E-state index contributed by atoms with van der Waals surface area (Å²) in [7, 11) is 0. The number of hydrogen-bond donors (Lipinski definition) is 1. The molecule has 2 aliphatic heterocycles. The summed E-state index contributed by atoms with van der Waals surface area (Å²) in [5.41, 5.74) is 0. The molecule has 4 heteroatoms. The minimum atomic E-state index is 0.177. The van der Waals surface area contributed by atoms with Gasteiger partial charge >= 0.3 is 0 Å². The first-order valence-electron chi connectivity index (χ1n) is 5.32. The van der Waals surface area contributed by atoms with E-state index in [9.17, 15) is 4.79 Å². The number of amides is 1. The molecule has 80 valence electrons. The van der Waals surface area contributed by atoms with Crippen LogP contribution in [0, 0.1) is 5.92 Å². The van der Waals surface area contributed by atoms with Gasteiger partial charge in [-0.15, -0.1) is 0 Å². The van der Waals surface area contributed by atoms with E-state index in [1.165, 1.54) is 0 Å². The van der Waals surface area contributed by atoms with Crippen LogP contribution in [0.5, 0.6) is 0 Å². The molecular formula is C10H18N2O2. The summed E-state index contributed by atoms with van der Waals surface area (Å²) in [5.74, 6) is 0.512. The Morgan fingerprint density at radius 1 is 1.29 bits per heavy atom. The van der Waals surface area contributed by atoms with Gasteiger partial charge in [0.15, 0.2) is 0 Å². The first-order valence-corrected chi connectivity index (χ1v) is 5.32. The molecule has 4 nitrogen and oxygen atoms in total. The lowest BCUT2D eigenvalue weighted by molar-refractivity contribution is -0.148. The number of hydrogen-bond acceptors (Lipinski definition) is 3. The van der Waals surface area contributed by atoms with E-state index in [-0.39, 0.29) is 18.1 Å². The van der Waals surface area contributed by atoms with Gasteiger partial charge in [0.1, 0.15) is 0 Å². The molecule has 1 N–H and O–H groups in total. The van der Waals surface area contributed by atoms with Crippen molar-refractivity contribution in [1.29, 1.82) is 0 Å². The molecule has 0 unspecified atom stereocenters. The van der Waals surface area contributed by atoms with Crippen molar-refractivity contribution in [3.05, 3.63) is 0 Å². The van der Waals surface area contributed by atoms with Gasteiger partial charge in [-0.1, -0.05) is 0 Å². The Hall–Kier alpha value is -0.610. The molecule has 0 aliphatic carbocycles. The minimum absolute atomic E-state index is 0.177. The molecule has 1 amide bonds.